The molecule has 22 heavy (non-hydrogen) atoms. The number of nitrogens with one attached hydrogen (secondary N) is 1. The van der Waals surface area contributed by atoms with Gasteiger partial charge in [0.2, 0.25) is 5.91 Å². The maximum atomic E-state index is 11.9. The van der Waals surface area contributed by atoms with Crippen molar-refractivity contribution in [2.24, 2.45) is 0 Å². The Balaban J connectivity index is 1.90. The van der Waals surface area contributed by atoms with E-state index in [0.29, 0.717) is 10.0 Å². The summed E-state index contributed by atoms with van der Waals surface area (Å²) in [5, 5.41) is 3.06. The van der Waals surface area contributed by atoms with E-state index in [1.165, 1.54) is 25.1 Å². The first kappa shape index (κ1) is 17.0. The number of halogens is 1. The van der Waals surface area contributed by atoms with Gasteiger partial charge in [-0.3, -0.25) is 4.79 Å². The Hall–Kier alpha value is -1.38. The molecular formula is C14H13BrN2O3S2. The number of carbonyl (C=O) groups excluding carboxylic acids is 2. The van der Waals surface area contributed by atoms with Crippen LogP contribution in [0.4, 0.5) is 5.13 Å². The molecule has 1 amide bonds. The molecule has 0 saturated heterocycles. The first-order valence-electron chi connectivity index (χ1n) is 6.22. The van der Waals surface area contributed by atoms with Crippen molar-refractivity contribution in [2.75, 3.05) is 18.2 Å². The standard InChI is InChI=1S/C14H13BrN2O3S2/c1-8-5-9(15)3-4-10(8)21-7-12(18)17-14-16-6-11(22-14)13(19)20-2/h3-6H,7H2,1-2H3,(H,16,17,18). The number of ether oxygens (including phenoxy) is 1. The predicted octanol–water partition coefficient (Wildman–Crippen LogP) is 3.73. The third-order valence-corrected chi connectivity index (χ3v) is 5.20. The second-order valence-electron chi connectivity index (χ2n) is 4.27. The molecule has 0 spiro atoms. The van der Waals surface area contributed by atoms with Crippen molar-refractivity contribution in [1.82, 2.24) is 4.98 Å². The molecule has 0 atom stereocenters. The van der Waals surface area contributed by atoms with Crippen LogP contribution >= 0.6 is 39.0 Å². The highest BCUT2D eigenvalue weighted by molar-refractivity contribution is 9.10. The lowest BCUT2D eigenvalue weighted by Crippen LogP contribution is -2.13. The first-order chi connectivity index (χ1) is 10.5. The summed E-state index contributed by atoms with van der Waals surface area (Å²) >= 11 is 5.95. The fourth-order valence-electron chi connectivity index (χ4n) is 1.60. The number of nitrogens with zero attached hydrogens (tertiary/aromatic N) is 1. The topological polar surface area (TPSA) is 68.3 Å². The average Bonchev–Trinajstić information content (AvgIpc) is 2.94. The van der Waals surface area contributed by atoms with E-state index in [1.54, 1.807) is 0 Å². The van der Waals surface area contributed by atoms with Crippen LogP contribution in [0.2, 0.25) is 0 Å². The molecule has 116 valence electrons. The summed E-state index contributed by atoms with van der Waals surface area (Å²) in [6, 6.07) is 5.91. The number of thioether (sulfide) groups is 1. The van der Waals surface area contributed by atoms with Gasteiger partial charge in [-0.15, -0.1) is 11.8 Å². The Morgan fingerprint density at radius 2 is 2.23 bits per heavy atom. The number of amides is 1. The maximum absolute atomic E-state index is 11.9. The third kappa shape index (κ3) is 4.56. The molecule has 8 heteroatoms. The maximum Gasteiger partial charge on any atom is 0.349 e. The summed E-state index contributed by atoms with van der Waals surface area (Å²) in [5.41, 5.74) is 1.11. The highest BCUT2D eigenvalue weighted by atomic mass is 79.9. The van der Waals surface area contributed by atoms with Gasteiger partial charge in [-0.2, -0.15) is 0 Å². The number of carbonyl (C=O) groups is 2. The zero-order valence-electron chi connectivity index (χ0n) is 11.9. The van der Waals surface area contributed by atoms with E-state index >= 15 is 0 Å². The summed E-state index contributed by atoms with van der Waals surface area (Å²) in [6.07, 6.45) is 1.39. The number of methoxy groups -OCH3 is 1. The minimum Gasteiger partial charge on any atom is -0.465 e. The normalized spacial score (nSPS) is 10.3. The van der Waals surface area contributed by atoms with Gasteiger partial charge in [-0.1, -0.05) is 27.3 Å². The fraction of sp³-hybridized carbons (Fsp3) is 0.214. The minimum atomic E-state index is -0.460. The van der Waals surface area contributed by atoms with Crippen LogP contribution in [0.1, 0.15) is 15.2 Å². The van der Waals surface area contributed by atoms with E-state index in [1.807, 2.05) is 25.1 Å². The molecule has 0 unspecified atom stereocenters. The summed E-state index contributed by atoms with van der Waals surface area (Å²) in [7, 11) is 1.30. The molecule has 1 N–H and O–H groups in total. The predicted molar refractivity (Wildman–Crippen MR) is 91.7 cm³/mol. The van der Waals surface area contributed by atoms with Gasteiger partial charge in [0.05, 0.1) is 19.1 Å². The molecule has 0 aliphatic rings. The van der Waals surface area contributed by atoms with E-state index in [9.17, 15) is 9.59 Å². The minimum absolute atomic E-state index is 0.168. The molecule has 0 aliphatic carbocycles. The van der Waals surface area contributed by atoms with Crippen molar-refractivity contribution in [3.8, 4) is 0 Å². The van der Waals surface area contributed by atoms with E-state index < -0.39 is 5.97 Å². The first-order valence-corrected chi connectivity index (χ1v) is 8.82. The molecule has 0 radical (unpaired) electrons. The average molecular weight is 401 g/mol. The molecule has 2 rings (SSSR count). The number of aromatic nitrogens is 1. The van der Waals surface area contributed by atoms with E-state index in [2.05, 4.69) is 31.0 Å². The summed E-state index contributed by atoms with van der Waals surface area (Å²) in [6.45, 7) is 1.99. The lowest BCUT2D eigenvalue weighted by Gasteiger charge is -2.05. The van der Waals surface area contributed by atoms with Crippen molar-refractivity contribution >= 4 is 56.0 Å². The molecule has 0 aliphatic heterocycles. The van der Waals surface area contributed by atoms with Gasteiger partial charge in [0, 0.05) is 9.37 Å². The summed E-state index contributed by atoms with van der Waals surface area (Å²) in [5.74, 6) is -0.355. The Morgan fingerprint density at radius 3 is 2.91 bits per heavy atom. The monoisotopic (exact) mass is 400 g/mol. The van der Waals surface area contributed by atoms with Crippen LogP contribution in [-0.4, -0.2) is 29.7 Å². The number of anilines is 1. The lowest BCUT2D eigenvalue weighted by atomic mass is 10.2. The van der Waals surface area contributed by atoms with Crippen LogP contribution in [-0.2, 0) is 9.53 Å². The highest BCUT2D eigenvalue weighted by Gasteiger charge is 2.12. The van der Waals surface area contributed by atoms with E-state index in [4.69, 9.17) is 0 Å². The number of hydrogen-bond acceptors (Lipinski definition) is 6. The SMILES string of the molecule is COC(=O)c1cnc(NC(=O)CSc2ccc(Br)cc2C)s1. The quantitative estimate of drug-likeness (QED) is 0.611. The van der Waals surface area contributed by atoms with Crippen molar-refractivity contribution in [2.45, 2.75) is 11.8 Å². The van der Waals surface area contributed by atoms with Gasteiger partial charge in [0.25, 0.3) is 0 Å². The number of aryl methyl sites for hydroxylation is 1. The van der Waals surface area contributed by atoms with Gasteiger partial charge in [0.15, 0.2) is 5.13 Å². The van der Waals surface area contributed by atoms with Crippen molar-refractivity contribution in [1.29, 1.82) is 0 Å². The molecule has 0 bridgehead atoms. The zero-order valence-corrected chi connectivity index (χ0v) is 15.1. The molecule has 1 aromatic heterocycles. The van der Waals surface area contributed by atoms with Crippen LogP contribution in [0.3, 0.4) is 0 Å². The number of thiazole rings is 1. The van der Waals surface area contributed by atoms with Crippen molar-refractivity contribution in [3.05, 3.63) is 39.3 Å². The van der Waals surface area contributed by atoms with Crippen LogP contribution in [0, 0.1) is 6.92 Å². The molecule has 0 saturated carbocycles. The smallest absolute Gasteiger partial charge is 0.349 e. The van der Waals surface area contributed by atoms with E-state index in [-0.39, 0.29) is 11.7 Å². The summed E-state index contributed by atoms with van der Waals surface area (Å²) in [4.78, 5) is 28.6. The van der Waals surface area contributed by atoms with Crippen LogP contribution in [0.15, 0.2) is 33.8 Å². The number of esters is 1. The Kier molecular flexibility index (Phi) is 5.98. The fourth-order valence-corrected chi connectivity index (χ4v) is 3.64. The van der Waals surface area contributed by atoms with Crippen LogP contribution < -0.4 is 5.32 Å². The molecular weight excluding hydrogens is 388 g/mol. The second kappa shape index (κ2) is 7.75. The second-order valence-corrected chi connectivity index (χ2v) is 7.23. The summed E-state index contributed by atoms with van der Waals surface area (Å²) < 4.78 is 5.60. The Morgan fingerprint density at radius 1 is 1.45 bits per heavy atom. The molecule has 2 aromatic rings. The van der Waals surface area contributed by atoms with Crippen LogP contribution in [0.25, 0.3) is 0 Å². The van der Waals surface area contributed by atoms with E-state index in [0.717, 1.165) is 26.3 Å². The molecule has 1 heterocycles. The van der Waals surface area contributed by atoms with Gasteiger partial charge in [-0.05, 0) is 30.7 Å². The highest BCUT2D eigenvalue weighted by Crippen LogP contribution is 2.26. The number of rotatable bonds is 5. The van der Waals surface area contributed by atoms with Gasteiger partial charge >= 0.3 is 5.97 Å². The van der Waals surface area contributed by atoms with Gasteiger partial charge < -0.3 is 10.1 Å². The zero-order chi connectivity index (χ0) is 16.1. The van der Waals surface area contributed by atoms with Crippen molar-refractivity contribution in [3.63, 3.8) is 0 Å². The van der Waals surface area contributed by atoms with Crippen molar-refractivity contribution < 1.29 is 14.3 Å². The molecule has 5 nitrogen and oxygen atoms in total. The Labute approximate surface area is 144 Å². The third-order valence-electron chi connectivity index (χ3n) is 2.63. The van der Waals surface area contributed by atoms with Gasteiger partial charge in [0.1, 0.15) is 4.88 Å². The van der Waals surface area contributed by atoms with Gasteiger partial charge in [-0.25, -0.2) is 9.78 Å². The molecule has 0 fully saturated rings. The molecule has 1 aromatic carbocycles. The van der Waals surface area contributed by atoms with Crippen LogP contribution in [0.5, 0.6) is 0 Å². The number of benzene rings is 1. The largest absolute Gasteiger partial charge is 0.465 e. The number of hydrogen-bond donors (Lipinski definition) is 1. The lowest BCUT2D eigenvalue weighted by molar-refractivity contribution is -0.113. The Bertz CT molecular complexity index is 703.